The number of ether oxygens (including phenoxy) is 1. The van der Waals surface area contributed by atoms with Gasteiger partial charge in [0.2, 0.25) is 0 Å². The lowest BCUT2D eigenvalue weighted by Crippen LogP contribution is -2.54. The van der Waals surface area contributed by atoms with Gasteiger partial charge in [0, 0.05) is 5.57 Å². The van der Waals surface area contributed by atoms with Gasteiger partial charge in [0.25, 0.3) is 0 Å². The van der Waals surface area contributed by atoms with Gasteiger partial charge in [0.05, 0.1) is 0 Å². The van der Waals surface area contributed by atoms with E-state index in [9.17, 15) is 4.79 Å². The Hall–Kier alpha value is -1.05. The monoisotopic (exact) mass is 220 g/mol. The number of carbonyl (C=O) groups is 1. The van der Waals surface area contributed by atoms with Crippen molar-refractivity contribution in [3.63, 3.8) is 0 Å². The number of esters is 1. The maximum absolute atomic E-state index is 11.5. The lowest BCUT2D eigenvalue weighted by atomic mass is 9.47. The van der Waals surface area contributed by atoms with E-state index < -0.39 is 0 Å². The first kappa shape index (κ1) is 11.4. The third kappa shape index (κ3) is 1.51. The summed E-state index contributed by atoms with van der Waals surface area (Å²) in [5, 5.41) is 0. The minimum atomic E-state index is -0.287. The molecule has 0 aromatic heterocycles. The Balaban J connectivity index is 2.04. The molecule has 2 bridgehead atoms. The molecule has 3 rings (SSSR count). The number of carbonyl (C=O) groups excluding carboxylic acids is 1. The van der Waals surface area contributed by atoms with Gasteiger partial charge in [0.15, 0.2) is 0 Å². The van der Waals surface area contributed by atoms with Crippen LogP contribution in [0.5, 0.6) is 0 Å². The second-order valence-corrected chi connectivity index (χ2v) is 5.79. The summed E-state index contributed by atoms with van der Waals surface area (Å²) in [5.74, 6) is 0.908. The van der Waals surface area contributed by atoms with Gasteiger partial charge in [0.1, 0.15) is 6.10 Å². The molecule has 0 N–H and O–H groups in total. The molecule has 16 heavy (non-hydrogen) atoms. The fourth-order valence-corrected chi connectivity index (χ4v) is 3.03. The van der Waals surface area contributed by atoms with Crippen molar-refractivity contribution in [2.45, 2.75) is 39.7 Å². The van der Waals surface area contributed by atoms with Gasteiger partial charge in [-0.3, -0.25) is 0 Å². The zero-order valence-electron chi connectivity index (χ0n) is 10.4. The molecular formula is C14H20O2. The molecule has 0 amide bonds. The van der Waals surface area contributed by atoms with E-state index >= 15 is 0 Å². The van der Waals surface area contributed by atoms with Crippen molar-refractivity contribution in [1.82, 2.24) is 0 Å². The normalized spacial score (nSPS) is 35.2. The highest BCUT2D eigenvalue weighted by Gasteiger charge is 2.55. The lowest BCUT2D eigenvalue weighted by molar-refractivity contribution is -0.151. The Labute approximate surface area is 97.4 Å². The molecule has 0 aliphatic heterocycles. The van der Waals surface area contributed by atoms with Crippen LogP contribution < -0.4 is 0 Å². The van der Waals surface area contributed by atoms with Gasteiger partial charge in [-0.1, -0.05) is 27.0 Å². The molecule has 3 fully saturated rings. The van der Waals surface area contributed by atoms with Crippen LogP contribution in [0.25, 0.3) is 0 Å². The predicted molar refractivity (Wildman–Crippen MR) is 63.8 cm³/mol. The molecule has 3 unspecified atom stereocenters. The summed E-state index contributed by atoms with van der Waals surface area (Å²) in [4.78, 5) is 11.5. The zero-order valence-corrected chi connectivity index (χ0v) is 10.4. The van der Waals surface area contributed by atoms with E-state index in [4.69, 9.17) is 4.74 Å². The highest BCUT2D eigenvalue weighted by molar-refractivity contribution is 5.87. The van der Waals surface area contributed by atoms with E-state index in [0.717, 1.165) is 12.0 Å². The largest absolute Gasteiger partial charge is 0.454 e. The summed E-state index contributed by atoms with van der Waals surface area (Å²) < 4.78 is 5.42. The van der Waals surface area contributed by atoms with Crippen LogP contribution in [-0.2, 0) is 9.53 Å². The molecule has 0 saturated heterocycles. The maximum Gasteiger partial charge on any atom is 0.333 e. The summed E-state index contributed by atoms with van der Waals surface area (Å²) in [7, 11) is 0. The first-order valence-corrected chi connectivity index (χ1v) is 5.89. The van der Waals surface area contributed by atoms with E-state index in [1.165, 1.54) is 6.42 Å². The Morgan fingerprint density at radius 1 is 1.44 bits per heavy atom. The second kappa shape index (κ2) is 3.47. The van der Waals surface area contributed by atoms with Crippen molar-refractivity contribution in [2.24, 2.45) is 17.3 Å². The van der Waals surface area contributed by atoms with E-state index in [1.54, 1.807) is 6.92 Å². The molecule has 88 valence electrons. The lowest BCUT2D eigenvalue weighted by Gasteiger charge is -2.59. The standard InChI is InChI=1S/C14H20O2/c1-8(2)13(15)16-12-7-10-6-11(9(12)3)14(10,4)5/h10-12H,1,3,6-7H2,2,4-5H3. The van der Waals surface area contributed by atoms with Gasteiger partial charge < -0.3 is 4.74 Å². The number of fused-ring (bicyclic) bond motifs is 2. The topological polar surface area (TPSA) is 26.3 Å². The van der Waals surface area contributed by atoms with Crippen molar-refractivity contribution in [1.29, 1.82) is 0 Å². The van der Waals surface area contributed by atoms with E-state index in [0.29, 0.717) is 22.8 Å². The van der Waals surface area contributed by atoms with Gasteiger partial charge in [-0.2, -0.15) is 0 Å². The van der Waals surface area contributed by atoms with Gasteiger partial charge >= 0.3 is 5.97 Å². The third-order valence-corrected chi connectivity index (χ3v) is 4.43. The van der Waals surface area contributed by atoms with Crippen molar-refractivity contribution in [3.8, 4) is 0 Å². The van der Waals surface area contributed by atoms with Crippen LogP contribution in [0.2, 0.25) is 0 Å². The summed E-state index contributed by atoms with van der Waals surface area (Å²) in [6.45, 7) is 14.0. The van der Waals surface area contributed by atoms with Crippen molar-refractivity contribution in [3.05, 3.63) is 24.3 Å². The Kier molecular flexibility index (Phi) is 2.48. The molecule has 2 nitrogen and oxygen atoms in total. The molecular weight excluding hydrogens is 200 g/mol. The summed E-state index contributed by atoms with van der Waals surface area (Å²) >= 11 is 0. The predicted octanol–water partition coefficient (Wildman–Crippen LogP) is 3.10. The second-order valence-electron chi connectivity index (χ2n) is 5.79. The summed E-state index contributed by atoms with van der Waals surface area (Å²) in [6.07, 6.45) is 2.06. The molecule has 0 heterocycles. The summed E-state index contributed by atoms with van der Waals surface area (Å²) in [5.41, 5.74) is 1.91. The van der Waals surface area contributed by atoms with Crippen LogP contribution in [-0.4, -0.2) is 12.1 Å². The third-order valence-electron chi connectivity index (χ3n) is 4.43. The van der Waals surface area contributed by atoms with E-state index in [-0.39, 0.29) is 12.1 Å². The fourth-order valence-electron chi connectivity index (χ4n) is 3.03. The fraction of sp³-hybridized carbons (Fsp3) is 0.643. The Morgan fingerprint density at radius 2 is 2.06 bits per heavy atom. The highest BCUT2D eigenvalue weighted by atomic mass is 16.5. The highest BCUT2D eigenvalue weighted by Crippen LogP contribution is 2.61. The van der Waals surface area contributed by atoms with Gasteiger partial charge in [-0.05, 0) is 42.6 Å². The minimum Gasteiger partial charge on any atom is -0.454 e. The zero-order chi connectivity index (χ0) is 12.1. The smallest absolute Gasteiger partial charge is 0.333 e. The van der Waals surface area contributed by atoms with Gasteiger partial charge in [-0.15, -0.1) is 0 Å². The van der Waals surface area contributed by atoms with Gasteiger partial charge in [-0.25, -0.2) is 4.79 Å². The van der Waals surface area contributed by atoms with Crippen LogP contribution in [0.1, 0.15) is 33.6 Å². The molecule has 2 heteroatoms. The van der Waals surface area contributed by atoms with E-state index in [1.807, 2.05) is 0 Å². The number of hydrogen-bond acceptors (Lipinski definition) is 2. The van der Waals surface area contributed by atoms with Crippen molar-refractivity contribution < 1.29 is 9.53 Å². The van der Waals surface area contributed by atoms with Crippen molar-refractivity contribution in [2.75, 3.05) is 0 Å². The quantitative estimate of drug-likeness (QED) is 0.406. The molecule has 3 aliphatic carbocycles. The van der Waals surface area contributed by atoms with Crippen molar-refractivity contribution >= 4 is 5.97 Å². The molecule has 0 aromatic rings. The average molecular weight is 220 g/mol. The van der Waals surface area contributed by atoms with Crippen LogP contribution in [0.3, 0.4) is 0 Å². The SMILES string of the molecule is C=C(C)C(=O)OC1CC2CC(C1=C)C2(C)C. The Morgan fingerprint density at radius 3 is 2.50 bits per heavy atom. The minimum absolute atomic E-state index is 0.0824. The van der Waals surface area contributed by atoms with Crippen LogP contribution in [0.4, 0.5) is 0 Å². The molecule has 3 saturated carbocycles. The first-order chi connectivity index (χ1) is 7.34. The van der Waals surface area contributed by atoms with Crippen LogP contribution in [0, 0.1) is 17.3 Å². The first-order valence-electron chi connectivity index (χ1n) is 5.89. The average Bonchev–Trinajstić information content (AvgIpc) is 2.19. The molecule has 3 atom stereocenters. The molecule has 0 aromatic carbocycles. The van der Waals surface area contributed by atoms with E-state index in [2.05, 4.69) is 27.0 Å². The van der Waals surface area contributed by atoms with Crippen LogP contribution >= 0.6 is 0 Å². The van der Waals surface area contributed by atoms with Crippen LogP contribution in [0.15, 0.2) is 24.3 Å². The maximum atomic E-state index is 11.5. The molecule has 0 radical (unpaired) electrons. The number of hydrogen-bond donors (Lipinski definition) is 0. The number of rotatable bonds is 2. The summed E-state index contributed by atoms with van der Waals surface area (Å²) in [6, 6.07) is 0. The Bertz CT molecular complexity index is 365. The molecule has 3 aliphatic rings. The molecule has 0 spiro atoms.